The molecule has 4 rings (SSSR count). The zero-order valence-corrected chi connectivity index (χ0v) is 14.0. The molecule has 0 unspecified atom stereocenters. The minimum Gasteiger partial charge on any atom is -0.383 e. The first-order chi connectivity index (χ1) is 10.6. The topological polar surface area (TPSA) is 50.8 Å². The van der Waals surface area contributed by atoms with E-state index in [1.165, 1.54) is 38.5 Å². The molecule has 0 atom stereocenters. The summed E-state index contributed by atoms with van der Waals surface area (Å²) in [5, 5.41) is 3.42. The highest BCUT2D eigenvalue weighted by molar-refractivity contribution is 5.75. The number of rotatable bonds is 7. The molecule has 0 heterocycles. The summed E-state index contributed by atoms with van der Waals surface area (Å²) in [6.07, 6.45) is 7.75. The van der Waals surface area contributed by atoms with Gasteiger partial charge >= 0.3 is 6.03 Å². The van der Waals surface area contributed by atoms with Crippen molar-refractivity contribution in [3.8, 4) is 0 Å². The molecule has 4 bridgehead atoms. The van der Waals surface area contributed by atoms with Gasteiger partial charge in [-0.05, 0) is 56.3 Å². The number of carbonyl (C=O) groups is 1. The summed E-state index contributed by atoms with van der Waals surface area (Å²) in [6.45, 7) is 2.38. The Balaban J connectivity index is 1.61. The van der Waals surface area contributed by atoms with Gasteiger partial charge in [-0.15, -0.1) is 0 Å². The van der Waals surface area contributed by atoms with Gasteiger partial charge in [-0.2, -0.15) is 0 Å². The lowest BCUT2D eigenvalue weighted by Crippen LogP contribution is -2.62. The third kappa shape index (κ3) is 3.40. The number of hydrogen-bond donors (Lipinski definition) is 1. The van der Waals surface area contributed by atoms with Crippen molar-refractivity contribution in [1.82, 2.24) is 10.2 Å². The van der Waals surface area contributed by atoms with Crippen molar-refractivity contribution in [2.45, 2.75) is 44.1 Å². The van der Waals surface area contributed by atoms with E-state index < -0.39 is 0 Å². The molecule has 0 aliphatic heterocycles. The third-order valence-electron chi connectivity index (χ3n) is 5.83. The number of ether oxygens (including phenoxy) is 2. The molecule has 22 heavy (non-hydrogen) atoms. The summed E-state index contributed by atoms with van der Waals surface area (Å²) in [4.78, 5) is 14.6. The second-order valence-corrected chi connectivity index (χ2v) is 7.60. The summed E-state index contributed by atoms with van der Waals surface area (Å²) in [7, 11) is 3.34. The van der Waals surface area contributed by atoms with E-state index in [2.05, 4.69) is 5.32 Å². The lowest BCUT2D eigenvalue weighted by atomic mass is 9.53. The zero-order valence-electron chi connectivity index (χ0n) is 14.0. The first-order valence-electron chi connectivity index (χ1n) is 8.69. The van der Waals surface area contributed by atoms with Crippen molar-refractivity contribution in [2.24, 2.45) is 17.8 Å². The van der Waals surface area contributed by atoms with Crippen molar-refractivity contribution < 1.29 is 14.3 Å². The van der Waals surface area contributed by atoms with Gasteiger partial charge in [0, 0.05) is 32.8 Å². The largest absolute Gasteiger partial charge is 0.383 e. The molecule has 0 radical (unpaired) electrons. The van der Waals surface area contributed by atoms with Crippen molar-refractivity contribution in [2.75, 3.05) is 40.5 Å². The van der Waals surface area contributed by atoms with Crippen molar-refractivity contribution in [3.05, 3.63) is 0 Å². The SMILES string of the molecule is COCCN(CCOC)C(=O)NC12CC3CC(CC(C3)C1)C2. The number of urea groups is 1. The minimum atomic E-state index is 0.0658. The Kier molecular flexibility index (Phi) is 4.93. The minimum absolute atomic E-state index is 0.0658. The van der Waals surface area contributed by atoms with Crippen LogP contribution in [0.2, 0.25) is 0 Å². The molecule has 2 amide bonds. The standard InChI is InChI=1S/C17H30N2O3/c1-21-5-3-19(4-6-22-2)16(20)18-17-10-13-7-14(11-17)9-15(8-13)12-17/h13-15H,3-12H2,1-2H3,(H,18,20). The van der Waals surface area contributed by atoms with Crippen LogP contribution >= 0.6 is 0 Å². The summed E-state index contributed by atoms with van der Waals surface area (Å²) >= 11 is 0. The fourth-order valence-corrected chi connectivity index (χ4v) is 5.29. The van der Waals surface area contributed by atoms with E-state index in [0.717, 1.165) is 17.8 Å². The molecule has 0 aromatic rings. The van der Waals surface area contributed by atoms with Gasteiger partial charge in [-0.3, -0.25) is 0 Å². The van der Waals surface area contributed by atoms with Crippen molar-refractivity contribution in [3.63, 3.8) is 0 Å². The highest BCUT2D eigenvalue weighted by atomic mass is 16.5. The molecular weight excluding hydrogens is 280 g/mol. The van der Waals surface area contributed by atoms with Crippen LogP contribution in [0.25, 0.3) is 0 Å². The van der Waals surface area contributed by atoms with Crippen LogP contribution in [0.4, 0.5) is 4.79 Å². The molecule has 0 aromatic heterocycles. The predicted molar refractivity (Wildman–Crippen MR) is 84.8 cm³/mol. The smallest absolute Gasteiger partial charge is 0.317 e. The molecule has 4 saturated carbocycles. The summed E-state index contributed by atoms with van der Waals surface area (Å²) in [6, 6.07) is 0.0658. The number of nitrogens with zero attached hydrogens (tertiary/aromatic N) is 1. The van der Waals surface area contributed by atoms with E-state index in [0.29, 0.717) is 26.3 Å². The van der Waals surface area contributed by atoms with E-state index in [9.17, 15) is 4.79 Å². The molecule has 0 aromatic carbocycles. The third-order valence-corrected chi connectivity index (χ3v) is 5.83. The second kappa shape index (κ2) is 6.75. The molecule has 1 N–H and O–H groups in total. The van der Waals surface area contributed by atoms with Gasteiger partial charge in [0.15, 0.2) is 0 Å². The maximum absolute atomic E-state index is 12.7. The number of methoxy groups -OCH3 is 2. The Bertz CT molecular complexity index is 356. The average molecular weight is 310 g/mol. The van der Waals surface area contributed by atoms with Crippen molar-refractivity contribution >= 4 is 6.03 Å². The number of amides is 2. The van der Waals surface area contributed by atoms with Crippen LogP contribution in [0.3, 0.4) is 0 Å². The Morgan fingerprint density at radius 2 is 1.45 bits per heavy atom. The molecule has 0 saturated heterocycles. The number of nitrogens with one attached hydrogen (secondary N) is 1. The quantitative estimate of drug-likeness (QED) is 0.785. The van der Waals surface area contributed by atoms with Crippen LogP contribution in [-0.2, 0) is 9.47 Å². The number of hydrogen-bond acceptors (Lipinski definition) is 3. The Morgan fingerprint density at radius 3 is 1.86 bits per heavy atom. The van der Waals surface area contributed by atoms with Gasteiger partial charge in [0.05, 0.1) is 13.2 Å². The summed E-state index contributed by atoms with van der Waals surface area (Å²) < 4.78 is 10.3. The van der Waals surface area contributed by atoms with Crippen LogP contribution in [0.1, 0.15) is 38.5 Å². The summed E-state index contributed by atoms with van der Waals surface area (Å²) in [5.41, 5.74) is 0.0736. The van der Waals surface area contributed by atoms with Gasteiger partial charge in [0.25, 0.3) is 0 Å². The van der Waals surface area contributed by atoms with E-state index in [-0.39, 0.29) is 11.6 Å². The van der Waals surface area contributed by atoms with E-state index in [1.54, 1.807) is 14.2 Å². The van der Waals surface area contributed by atoms with Crippen LogP contribution in [-0.4, -0.2) is 57.0 Å². The van der Waals surface area contributed by atoms with Crippen LogP contribution in [0, 0.1) is 17.8 Å². The summed E-state index contributed by atoms with van der Waals surface area (Å²) in [5.74, 6) is 2.54. The van der Waals surface area contributed by atoms with Gasteiger partial charge in [-0.1, -0.05) is 0 Å². The fraction of sp³-hybridized carbons (Fsp3) is 0.941. The Hall–Kier alpha value is -0.810. The lowest BCUT2D eigenvalue weighted by Gasteiger charge is -2.57. The zero-order chi connectivity index (χ0) is 15.6. The number of carbonyl (C=O) groups excluding carboxylic acids is 1. The van der Waals surface area contributed by atoms with E-state index in [4.69, 9.17) is 9.47 Å². The molecule has 0 spiro atoms. The first kappa shape index (κ1) is 16.1. The highest BCUT2D eigenvalue weighted by Gasteiger charge is 2.51. The lowest BCUT2D eigenvalue weighted by molar-refractivity contribution is -0.0163. The Labute approximate surface area is 133 Å². The van der Waals surface area contributed by atoms with Crippen LogP contribution in [0.5, 0.6) is 0 Å². The second-order valence-electron chi connectivity index (χ2n) is 7.60. The van der Waals surface area contributed by atoms with E-state index >= 15 is 0 Å². The predicted octanol–water partition coefficient (Wildman–Crippen LogP) is 2.26. The monoisotopic (exact) mass is 310 g/mol. The molecule has 4 fully saturated rings. The van der Waals surface area contributed by atoms with Gasteiger partial charge < -0.3 is 19.7 Å². The maximum Gasteiger partial charge on any atom is 0.317 e. The molecular formula is C17H30N2O3. The maximum atomic E-state index is 12.7. The fourth-order valence-electron chi connectivity index (χ4n) is 5.29. The average Bonchev–Trinajstić information content (AvgIpc) is 2.45. The highest BCUT2D eigenvalue weighted by Crippen LogP contribution is 2.55. The molecule has 4 aliphatic carbocycles. The van der Waals surface area contributed by atoms with Crippen molar-refractivity contribution in [1.29, 1.82) is 0 Å². The van der Waals surface area contributed by atoms with Gasteiger partial charge in [-0.25, -0.2) is 4.79 Å². The molecule has 126 valence electrons. The molecule has 4 aliphatic rings. The van der Waals surface area contributed by atoms with E-state index in [1.807, 2.05) is 4.90 Å². The van der Waals surface area contributed by atoms with Gasteiger partial charge in [0.1, 0.15) is 0 Å². The molecule has 5 heteroatoms. The normalized spacial score (nSPS) is 35.6. The molecule has 5 nitrogen and oxygen atoms in total. The van der Waals surface area contributed by atoms with Crippen LogP contribution in [0.15, 0.2) is 0 Å². The Morgan fingerprint density at radius 1 is 1.00 bits per heavy atom. The van der Waals surface area contributed by atoms with Crippen LogP contribution < -0.4 is 5.32 Å². The first-order valence-corrected chi connectivity index (χ1v) is 8.69. The van der Waals surface area contributed by atoms with Gasteiger partial charge in [0.2, 0.25) is 0 Å².